The van der Waals surface area contributed by atoms with Crippen molar-refractivity contribution in [3.63, 3.8) is 0 Å². The minimum Gasteiger partial charge on any atom is -0.496 e. The van der Waals surface area contributed by atoms with Crippen LogP contribution in [0.15, 0.2) is 23.1 Å². The van der Waals surface area contributed by atoms with Crippen LogP contribution in [0.25, 0.3) is 0 Å². The maximum atomic E-state index is 12.7. The summed E-state index contributed by atoms with van der Waals surface area (Å²) < 4.78 is 37.4. The minimum atomic E-state index is -3.56. The third kappa shape index (κ3) is 4.46. The van der Waals surface area contributed by atoms with Crippen LogP contribution in [0.5, 0.6) is 5.75 Å². The van der Waals surface area contributed by atoms with Gasteiger partial charge in [-0.1, -0.05) is 0 Å². The molecule has 0 radical (unpaired) electrons. The number of nitrogens with one attached hydrogen (secondary N) is 1. The van der Waals surface area contributed by atoms with Crippen LogP contribution in [0.3, 0.4) is 0 Å². The van der Waals surface area contributed by atoms with Crippen molar-refractivity contribution < 1.29 is 22.7 Å². The fourth-order valence-corrected chi connectivity index (χ4v) is 4.04. The maximum Gasteiger partial charge on any atom is 0.243 e. The van der Waals surface area contributed by atoms with E-state index in [1.165, 1.54) is 11.4 Å². The average molecular weight is 356 g/mol. The maximum absolute atomic E-state index is 12.7. The van der Waals surface area contributed by atoms with Crippen molar-refractivity contribution in [1.29, 1.82) is 0 Å². The van der Waals surface area contributed by atoms with Gasteiger partial charge in [0.2, 0.25) is 15.9 Å². The molecule has 1 aliphatic heterocycles. The van der Waals surface area contributed by atoms with E-state index < -0.39 is 10.0 Å². The van der Waals surface area contributed by atoms with Gasteiger partial charge in [0.15, 0.2) is 0 Å². The summed E-state index contributed by atoms with van der Waals surface area (Å²) >= 11 is 0. The summed E-state index contributed by atoms with van der Waals surface area (Å²) in [7, 11) is -2.03. The van der Waals surface area contributed by atoms with Crippen molar-refractivity contribution in [1.82, 2.24) is 9.62 Å². The van der Waals surface area contributed by atoms with Gasteiger partial charge < -0.3 is 14.8 Å². The van der Waals surface area contributed by atoms with Crippen LogP contribution in [-0.4, -0.2) is 58.6 Å². The third-order valence-electron chi connectivity index (χ3n) is 3.86. The largest absolute Gasteiger partial charge is 0.496 e. The first kappa shape index (κ1) is 18.7. The Kier molecular flexibility index (Phi) is 6.59. The first-order valence-corrected chi connectivity index (χ1v) is 9.44. The van der Waals surface area contributed by atoms with Gasteiger partial charge in [0.05, 0.1) is 25.2 Å². The lowest BCUT2D eigenvalue weighted by Gasteiger charge is -2.26. The number of carbonyl (C=O) groups is 1. The normalized spacial score (nSPS) is 15.9. The van der Waals surface area contributed by atoms with Crippen molar-refractivity contribution >= 4 is 15.9 Å². The predicted octanol–water partition coefficient (Wildman–Crippen LogP) is 0.785. The zero-order chi connectivity index (χ0) is 17.6. The standard InChI is InChI=1S/C16H24N2O5S/c1-3-17-16(19)7-4-13-12-14(5-6-15(13)22-2)24(20,21)18-8-10-23-11-9-18/h5-6,12H,3-4,7-11H2,1-2H3,(H,17,19). The monoisotopic (exact) mass is 356 g/mol. The van der Waals surface area contributed by atoms with Gasteiger partial charge in [0.1, 0.15) is 5.75 Å². The molecule has 1 amide bonds. The number of nitrogens with zero attached hydrogens (tertiary/aromatic N) is 1. The second-order valence-corrected chi connectivity index (χ2v) is 7.38. The first-order valence-electron chi connectivity index (χ1n) is 8.00. The van der Waals surface area contributed by atoms with E-state index >= 15 is 0 Å². The van der Waals surface area contributed by atoms with E-state index in [1.807, 2.05) is 6.92 Å². The molecule has 8 heteroatoms. The van der Waals surface area contributed by atoms with E-state index in [0.29, 0.717) is 50.6 Å². The van der Waals surface area contributed by atoms with E-state index in [0.717, 1.165) is 0 Å². The molecule has 1 aliphatic rings. The van der Waals surface area contributed by atoms with Crippen molar-refractivity contribution in [3.8, 4) is 5.75 Å². The Morgan fingerprint density at radius 2 is 2.04 bits per heavy atom. The highest BCUT2D eigenvalue weighted by atomic mass is 32.2. The summed E-state index contributed by atoms with van der Waals surface area (Å²) in [6.45, 7) is 3.93. The van der Waals surface area contributed by atoms with Gasteiger partial charge in [-0.05, 0) is 37.1 Å². The number of methoxy groups -OCH3 is 1. The number of hydrogen-bond donors (Lipinski definition) is 1. The summed E-state index contributed by atoms with van der Waals surface area (Å²) in [6.07, 6.45) is 0.701. The second kappa shape index (κ2) is 8.46. The van der Waals surface area contributed by atoms with Gasteiger partial charge in [-0.3, -0.25) is 4.79 Å². The molecule has 1 aromatic rings. The molecule has 1 N–H and O–H groups in total. The quantitative estimate of drug-likeness (QED) is 0.781. The Balaban J connectivity index is 2.22. The molecule has 0 atom stereocenters. The molecule has 0 unspecified atom stereocenters. The van der Waals surface area contributed by atoms with E-state index in [4.69, 9.17) is 9.47 Å². The Labute approximate surface area is 143 Å². The number of sulfonamides is 1. The number of carbonyl (C=O) groups excluding carboxylic acids is 1. The fourth-order valence-electron chi connectivity index (χ4n) is 2.58. The summed E-state index contributed by atoms with van der Waals surface area (Å²) in [5, 5.41) is 2.73. The highest BCUT2D eigenvalue weighted by molar-refractivity contribution is 7.89. The predicted molar refractivity (Wildman–Crippen MR) is 89.6 cm³/mol. The average Bonchev–Trinajstić information content (AvgIpc) is 2.60. The van der Waals surface area contributed by atoms with Crippen LogP contribution in [0, 0.1) is 0 Å². The summed E-state index contributed by atoms with van der Waals surface area (Å²) in [5.74, 6) is 0.515. The molecule has 1 aromatic carbocycles. The zero-order valence-electron chi connectivity index (χ0n) is 14.1. The van der Waals surface area contributed by atoms with E-state index in [-0.39, 0.29) is 17.2 Å². The fraction of sp³-hybridized carbons (Fsp3) is 0.562. The smallest absolute Gasteiger partial charge is 0.243 e. The first-order chi connectivity index (χ1) is 11.5. The third-order valence-corrected chi connectivity index (χ3v) is 5.75. The summed E-state index contributed by atoms with van der Waals surface area (Å²) in [5.41, 5.74) is 0.707. The van der Waals surface area contributed by atoms with Crippen molar-refractivity contribution in [3.05, 3.63) is 23.8 Å². The van der Waals surface area contributed by atoms with Crippen LogP contribution in [0.4, 0.5) is 0 Å². The number of morpholine rings is 1. The van der Waals surface area contributed by atoms with Crippen molar-refractivity contribution in [2.24, 2.45) is 0 Å². The molecule has 2 rings (SSSR count). The van der Waals surface area contributed by atoms with Gasteiger partial charge >= 0.3 is 0 Å². The molecule has 1 saturated heterocycles. The molecule has 0 saturated carbocycles. The van der Waals surface area contributed by atoms with Gasteiger partial charge in [0.25, 0.3) is 0 Å². The lowest BCUT2D eigenvalue weighted by Crippen LogP contribution is -2.40. The number of aryl methyl sites for hydroxylation is 1. The molecule has 134 valence electrons. The molecular weight excluding hydrogens is 332 g/mol. The molecule has 1 fully saturated rings. The van der Waals surface area contributed by atoms with Gasteiger partial charge in [-0.2, -0.15) is 4.31 Å². The molecule has 7 nitrogen and oxygen atoms in total. The molecule has 0 aromatic heterocycles. The van der Waals surface area contributed by atoms with Crippen LogP contribution in [0.2, 0.25) is 0 Å². The Morgan fingerprint density at radius 1 is 1.33 bits per heavy atom. The lowest BCUT2D eigenvalue weighted by molar-refractivity contribution is -0.120. The Hall–Kier alpha value is -1.64. The van der Waals surface area contributed by atoms with Crippen LogP contribution < -0.4 is 10.1 Å². The number of hydrogen-bond acceptors (Lipinski definition) is 5. The summed E-state index contributed by atoms with van der Waals surface area (Å²) in [4.78, 5) is 11.9. The lowest BCUT2D eigenvalue weighted by atomic mass is 10.1. The Bertz CT molecular complexity index is 669. The molecule has 1 heterocycles. The number of rotatable bonds is 7. The highest BCUT2D eigenvalue weighted by Crippen LogP contribution is 2.26. The second-order valence-electron chi connectivity index (χ2n) is 5.44. The molecule has 0 bridgehead atoms. The molecule has 0 aliphatic carbocycles. The van der Waals surface area contributed by atoms with E-state index in [9.17, 15) is 13.2 Å². The SMILES string of the molecule is CCNC(=O)CCc1cc(S(=O)(=O)N2CCOCC2)ccc1OC. The molecule has 0 spiro atoms. The van der Waals surface area contributed by atoms with Crippen LogP contribution >= 0.6 is 0 Å². The van der Waals surface area contributed by atoms with Gasteiger partial charge in [-0.25, -0.2) is 8.42 Å². The Morgan fingerprint density at radius 3 is 2.67 bits per heavy atom. The van der Waals surface area contributed by atoms with E-state index in [1.54, 1.807) is 18.2 Å². The highest BCUT2D eigenvalue weighted by Gasteiger charge is 2.27. The van der Waals surface area contributed by atoms with Gasteiger partial charge in [0, 0.05) is 26.1 Å². The van der Waals surface area contributed by atoms with Crippen molar-refractivity contribution in [2.45, 2.75) is 24.7 Å². The molecule has 24 heavy (non-hydrogen) atoms. The number of ether oxygens (including phenoxy) is 2. The number of amides is 1. The van der Waals surface area contributed by atoms with Crippen molar-refractivity contribution in [2.75, 3.05) is 40.0 Å². The minimum absolute atomic E-state index is 0.0685. The van der Waals surface area contributed by atoms with Gasteiger partial charge in [-0.15, -0.1) is 0 Å². The van der Waals surface area contributed by atoms with Crippen LogP contribution in [-0.2, 0) is 26.0 Å². The summed E-state index contributed by atoms with van der Waals surface area (Å²) in [6, 6.07) is 4.78. The molecular formula is C16H24N2O5S. The van der Waals surface area contributed by atoms with E-state index in [2.05, 4.69) is 5.32 Å². The van der Waals surface area contributed by atoms with Crippen LogP contribution in [0.1, 0.15) is 18.9 Å². The number of benzene rings is 1. The topological polar surface area (TPSA) is 84.9 Å². The zero-order valence-corrected chi connectivity index (χ0v) is 14.9.